The molecule has 1 aromatic heterocycles. The summed E-state index contributed by atoms with van der Waals surface area (Å²) in [6, 6.07) is 18.9. The average Bonchev–Trinajstić information content (AvgIpc) is 2.95. The summed E-state index contributed by atoms with van der Waals surface area (Å²) in [5.74, 6) is 1.24. The van der Waals surface area contributed by atoms with Gasteiger partial charge in [0.15, 0.2) is 12.4 Å². The third-order valence-electron chi connectivity index (χ3n) is 5.61. The number of benzene rings is 3. The molecule has 4 rings (SSSR count). The molecule has 1 N–H and O–H groups in total. The summed E-state index contributed by atoms with van der Waals surface area (Å²) in [7, 11) is 3.19. The van der Waals surface area contributed by atoms with Crippen molar-refractivity contribution in [1.82, 2.24) is 15.0 Å². The largest absolute Gasteiger partial charge is 0.496 e. The first-order chi connectivity index (χ1) is 18.4. The fourth-order valence-electron chi connectivity index (χ4n) is 3.87. The maximum atomic E-state index is 11.9. The molecule has 0 saturated heterocycles. The lowest BCUT2D eigenvalue weighted by Gasteiger charge is -2.20. The summed E-state index contributed by atoms with van der Waals surface area (Å²) in [4.78, 5) is 24.5. The minimum absolute atomic E-state index is 0.159. The zero-order chi connectivity index (χ0) is 27.1. The molecule has 194 valence electrons. The van der Waals surface area contributed by atoms with Gasteiger partial charge in [0.1, 0.15) is 29.9 Å². The molecule has 38 heavy (non-hydrogen) atoms. The van der Waals surface area contributed by atoms with E-state index >= 15 is 0 Å². The number of aliphatic hydroxyl groups is 1. The van der Waals surface area contributed by atoms with Gasteiger partial charge in [0.25, 0.3) is 0 Å². The van der Waals surface area contributed by atoms with Gasteiger partial charge in [-0.25, -0.2) is 19.7 Å². The van der Waals surface area contributed by atoms with Gasteiger partial charge in [-0.15, -0.1) is 0 Å². The molecule has 0 amide bonds. The van der Waals surface area contributed by atoms with Gasteiger partial charge >= 0.3 is 5.97 Å². The first-order valence-corrected chi connectivity index (χ1v) is 11.7. The molecule has 4 aromatic rings. The smallest absolute Gasteiger partial charge is 0.335 e. The lowest BCUT2D eigenvalue weighted by Crippen LogP contribution is -2.25. The Bertz CT molecular complexity index is 1440. The molecule has 0 fully saturated rings. The SMILES string of the molecule is C=C(C)C(=O)OC(O)COc1cc(-c2ccccc2OC)cc(-c2ccccc2OC)c1-c1ncncn1. The van der Waals surface area contributed by atoms with Crippen LogP contribution in [0.25, 0.3) is 33.6 Å². The Morgan fingerprint density at radius 1 is 0.895 bits per heavy atom. The van der Waals surface area contributed by atoms with Crippen LogP contribution in [0.1, 0.15) is 6.92 Å². The molecule has 0 aliphatic rings. The molecule has 1 unspecified atom stereocenters. The second-order valence-corrected chi connectivity index (χ2v) is 8.21. The number of para-hydroxylation sites is 2. The van der Waals surface area contributed by atoms with Crippen LogP contribution >= 0.6 is 0 Å². The molecule has 0 bridgehead atoms. The van der Waals surface area contributed by atoms with Crippen LogP contribution < -0.4 is 14.2 Å². The Hall–Kier alpha value is -4.76. The molecule has 0 saturated carbocycles. The number of hydrogen-bond donors (Lipinski definition) is 1. The number of methoxy groups -OCH3 is 2. The predicted molar refractivity (Wildman–Crippen MR) is 142 cm³/mol. The maximum Gasteiger partial charge on any atom is 0.335 e. The van der Waals surface area contributed by atoms with Gasteiger partial charge in [-0.1, -0.05) is 43.0 Å². The molecule has 1 atom stereocenters. The van der Waals surface area contributed by atoms with Crippen LogP contribution in [0.3, 0.4) is 0 Å². The number of rotatable bonds is 10. The van der Waals surface area contributed by atoms with E-state index in [1.807, 2.05) is 54.6 Å². The van der Waals surface area contributed by atoms with Gasteiger partial charge in [0.2, 0.25) is 6.29 Å². The van der Waals surface area contributed by atoms with E-state index in [0.717, 1.165) is 16.7 Å². The van der Waals surface area contributed by atoms with E-state index in [9.17, 15) is 9.90 Å². The number of nitrogens with zero attached hydrogens (tertiary/aromatic N) is 3. The van der Waals surface area contributed by atoms with Crippen LogP contribution in [0.15, 0.2) is 85.5 Å². The van der Waals surface area contributed by atoms with Gasteiger partial charge in [-0.2, -0.15) is 0 Å². The van der Waals surface area contributed by atoms with Crippen molar-refractivity contribution in [3.8, 4) is 50.9 Å². The monoisotopic (exact) mass is 513 g/mol. The van der Waals surface area contributed by atoms with Gasteiger partial charge < -0.3 is 24.1 Å². The highest BCUT2D eigenvalue weighted by Crippen LogP contribution is 2.45. The van der Waals surface area contributed by atoms with Crippen LogP contribution in [0.4, 0.5) is 0 Å². The van der Waals surface area contributed by atoms with E-state index in [4.69, 9.17) is 18.9 Å². The van der Waals surface area contributed by atoms with Crippen LogP contribution in [0.2, 0.25) is 0 Å². The van der Waals surface area contributed by atoms with E-state index in [0.29, 0.717) is 34.2 Å². The maximum absolute atomic E-state index is 11.9. The summed E-state index contributed by atoms with van der Waals surface area (Å²) in [5.41, 5.74) is 3.75. The number of ether oxygens (including phenoxy) is 4. The molecule has 9 nitrogen and oxygen atoms in total. The van der Waals surface area contributed by atoms with Crippen molar-refractivity contribution in [1.29, 1.82) is 0 Å². The number of aliphatic hydroxyl groups excluding tert-OH is 1. The number of carbonyl (C=O) groups excluding carboxylic acids is 1. The lowest BCUT2D eigenvalue weighted by molar-refractivity contribution is -0.167. The van der Waals surface area contributed by atoms with Crippen molar-refractivity contribution in [2.24, 2.45) is 0 Å². The normalized spacial score (nSPS) is 11.4. The molecule has 0 spiro atoms. The third kappa shape index (κ3) is 5.79. The van der Waals surface area contributed by atoms with Gasteiger partial charge in [-0.05, 0) is 36.8 Å². The third-order valence-corrected chi connectivity index (χ3v) is 5.61. The van der Waals surface area contributed by atoms with Crippen molar-refractivity contribution in [3.05, 3.63) is 85.5 Å². The molecule has 9 heteroatoms. The Morgan fingerprint density at radius 2 is 1.50 bits per heavy atom. The molecule has 3 aromatic carbocycles. The lowest BCUT2D eigenvalue weighted by atomic mass is 9.92. The second-order valence-electron chi connectivity index (χ2n) is 8.21. The van der Waals surface area contributed by atoms with Crippen molar-refractivity contribution in [2.75, 3.05) is 20.8 Å². The predicted octanol–water partition coefficient (Wildman–Crippen LogP) is 4.71. The molecule has 0 aliphatic carbocycles. The van der Waals surface area contributed by atoms with Gasteiger partial charge in [0, 0.05) is 22.3 Å². The van der Waals surface area contributed by atoms with E-state index in [1.165, 1.54) is 19.6 Å². The van der Waals surface area contributed by atoms with E-state index < -0.39 is 12.3 Å². The quantitative estimate of drug-likeness (QED) is 0.183. The average molecular weight is 514 g/mol. The first-order valence-electron chi connectivity index (χ1n) is 11.7. The van der Waals surface area contributed by atoms with Crippen molar-refractivity contribution in [2.45, 2.75) is 13.2 Å². The van der Waals surface area contributed by atoms with Gasteiger partial charge in [0.05, 0.1) is 19.8 Å². The highest BCUT2D eigenvalue weighted by Gasteiger charge is 2.23. The molecular formula is C29H27N3O6. The minimum atomic E-state index is -1.53. The summed E-state index contributed by atoms with van der Waals surface area (Å²) in [5, 5.41) is 10.3. The fourth-order valence-corrected chi connectivity index (χ4v) is 3.87. The Kier molecular flexibility index (Phi) is 8.30. The topological polar surface area (TPSA) is 113 Å². The summed E-state index contributed by atoms with van der Waals surface area (Å²) >= 11 is 0. The van der Waals surface area contributed by atoms with Crippen molar-refractivity contribution >= 4 is 5.97 Å². The van der Waals surface area contributed by atoms with Crippen molar-refractivity contribution in [3.63, 3.8) is 0 Å². The minimum Gasteiger partial charge on any atom is -0.496 e. The summed E-state index contributed by atoms with van der Waals surface area (Å²) < 4.78 is 22.3. The summed E-state index contributed by atoms with van der Waals surface area (Å²) in [6.45, 7) is 4.67. The Labute approximate surface area is 220 Å². The zero-order valence-electron chi connectivity index (χ0n) is 21.2. The van der Waals surface area contributed by atoms with Crippen LogP contribution in [-0.2, 0) is 9.53 Å². The van der Waals surface area contributed by atoms with Crippen LogP contribution in [0.5, 0.6) is 17.2 Å². The van der Waals surface area contributed by atoms with E-state index in [2.05, 4.69) is 21.5 Å². The highest BCUT2D eigenvalue weighted by atomic mass is 16.7. The number of aromatic nitrogens is 3. The van der Waals surface area contributed by atoms with Crippen molar-refractivity contribution < 1.29 is 28.8 Å². The van der Waals surface area contributed by atoms with E-state index in [1.54, 1.807) is 20.3 Å². The highest BCUT2D eigenvalue weighted by molar-refractivity contribution is 5.92. The zero-order valence-corrected chi connectivity index (χ0v) is 21.2. The standard InChI is InChI=1S/C29H27N3O6/c1-18(2)29(34)38-26(33)15-37-25-14-19(20-9-5-7-11-23(20)35-3)13-22(21-10-6-8-12-24(21)36-4)27(25)28-31-16-30-17-32-28/h5-14,16-17,26,33H,1,15H2,2-4H3. The fraction of sp³-hybridized carbons (Fsp3) is 0.172. The summed E-state index contributed by atoms with van der Waals surface area (Å²) in [6.07, 6.45) is 1.24. The first kappa shape index (κ1) is 26.3. The van der Waals surface area contributed by atoms with Crippen LogP contribution in [0, 0.1) is 0 Å². The van der Waals surface area contributed by atoms with E-state index in [-0.39, 0.29) is 12.2 Å². The molecule has 0 radical (unpaired) electrons. The molecular weight excluding hydrogens is 486 g/mol. The number of esters is 1. The Morgan fingerprint density at radius 3 is 2.13 bits per heavy atom. The Balaban J connectivity index is 1.93. The molecule has 0 aliphatic heterocycles. The van der Waals surface area contributed by atoms with Gasteiger partial charge in [-0.3, -0.25) is 0 Å². The number of carbonyl (C=O) groups is 1. The molecule has 1 heterocycles. The number of hydrogen-bond acceptors (Lipinski definition) is 9. The van der Waals surface area contributed by atoms with Crippen LogP contribution in [-0.4, -0.2) is 53.1 Å². The second kappa shape index (κ2) is 12.0.